The largest absolute Gasteiger partial charge is 0.396 e. The predicted molar refractivity (Wildman–Crippen MR) is 97.4 cm³/mol. The Morgan fingerprint density at radius 2 is 1.26 bits per heavy atom. The van der Waals surface area contributed by atoms with E-state index in [1.54, 1.807) is 0 Å². The predicted octanol–water partition coefficient (Wildman–Crippen LogP) is 5.11. The minimum atomic E-state index is -1.20. The minimum Gasteiger partial charge on any atom is -0.396 e. The molecule has 0 bridgehead atoms. The summed E-state index contributed by atoms with van der Waals surface area (Å²) >= 11 is 0. The van der Waals surface area contributed by atoms with Crippen molar-refractivity contribution in [3.05, 3.63) is 78.4 Å². The standard InChI is InChI=1S/C21H20OS/c1-23(17-12-10-16(11-13-17)14-15-22)20-8-4-2-6-18(20)19-7-3-5-9-21(19)23/h2-13,22H,14-15H2,1H3. The highest BCUT2D eigenvalue weighted by Crippen LogP contribution is 2.73. The summed E-state index contributed by atoms with van der Waals surface area (Å²) in [6.45, 7) is 0.204. The van der Waals surface area contributed by atoms with E-state index in [1.807, 2.05) is 0 Å². The topological polar surface area (TPSA) is 20.2 Å². The van der Waals surface area contributed by atoms with Gasteiger partial charge in [-0.15, -0.1) is 0 Å². The van der Waals surface area contributed by atoms with Crippen LogP contribution >= 0.6 is 10.0 Å². The van der Waals surface area contributed by atoms with Crippen LogP contribution in [-0.2, 0) is 6.42 Å². The number of benzene rings is 3. The van der Waals surface area contributed by atoms with Crippen LogP contribution in [0.4, 0.5) is 0 Å². The summed E-state index contributed by atoms with van der Waals surface area (Å²) in [4.78, 5) is 4.30. The SMILES string of the molecule is CS1(c2ccc(CCO)cc2)c2ccccc2-c2ccccc21. The van der Waals surface area contributed by atoms with Gasteiger partial charge in [0.15, 0.2) is 0 Å². The summed E-state index contributed by atoms with van der Waals surface area (Å²) in [7, 11) is -1.20. The molecule has 0 aromatic heterocycles. The number of rotatable bonds is 3. The molecule has 0 radical (unpaired) electrons. The average Bonchev–Trinajstić information content (AvgIpc) is 2.87. The minimum absolute atomic E-state index is 0.204. The zero-order valence-electron chi connectivity index (χ0n) is 13.2. The van der Waals surface area contributed by atoms with E-state index in [0.717, 1.165) is 6.42 Å². The fourth-order valence-corrected chi connectivity index (χ4v) is 6.88. The molecule has 1 aliphatic heterocycles. The van der Waals surface area contributed by atoms with Gasteiger partial charge in [0.05, 0.1) is 0 Å². The molecule has 1 aliphatic rings. The average molecular weight is 320 g/mol. The van der Waals surface area contributed by atoms with Gasteiger partial charge in [0.2, 0.25) is 0 Å². The number of hydrogen-bond acceptors (Lipinski definition) is 1. The highest BCUT2D eigenvalue weighted by atomic mass is 32.3. The van der Waals surface area contributed by atoms with Crippen molar-refractivity contribution in [2.75, 3.05) is 12.9 Å². The van der Waals surface area contributed by atoms with Gasteiger partial charge in [0, 0.05) is 16.4 Å². The molecule has 1 heterocycles. The second kappa shape index (κ2) is 5.55. The lowest BCUT2D eigenvalue weighted by atomic mass is 10.1. The van der Waals surface area contributed by atoms with Gasteiger partial charge >= 0.3 is 0 Å². The lowest BCUT2D eigenvalue weighted by Gasteiger charge is -2.34. The van der Waals surface area contributed by atoms with Gasteiger partial charge in [-0.05, 0) is 58.5 Å². The third kappa shape index (κ3) is 2.13. The first-order valence-electron chi connectivity index (χ1n) is 7.92. The van der Waals surface area contributed by atoms with E-state index in [-0.39, 0.29) is 6.61 Å². The molecule has 3 aromatic carbocycles. The zero-order chi connectivity index (χ0) is 15.9. The number of aliphatic hydroxyl groups is 1. The summed E-state index contributed by atoms with van der Waals surface area (Å²) in [5.41, 5.74) is 3.94. The lowest BCUT2D eigenvalue weighted by molar-refractivity contribution is 0.299. The normalized spacial score (nSPS) is 15.7. The van der Waals surface area contributed by atoms with Crippen molar-refractivity contribution in [1.29, 1.82) is 0 Å². The second-order valence-electron chi connectivity index (χ2n) is 6.03. The van der Waals surface area contributed by atoms with E-state index >= 15 is 0 Å². The third-order valence-electron chi connectivity index (χ3n) is 4.74. The van der Waals surface area contributed by atoms with Gasteiger partial charge < -0.3 is 5.11 Å². The van der Waals surface area contributed by atoms with E-state index in [9.17, 15) is 0 Å². The molecular formula is C21H20OS. The lowest BCUT2D eigenvalue weighted by Crippen LogP contribution is -1.98. The monoisotopic (exact) mass is 320 g/mol. The Morgan fingerprint density at radius 1 is 0.739 bits per heavy atom. The van der Waals surface area contributed by atoms with Crippen LogP contribution in [0, 0.1) is 0 Å². The van der Waals surface area contributed by atoms with Crippen LogP contribution in [0.5, 0.6) is 0 Å². The summed E-state index contributed by atoms with van der Waals surface area (Å²) < 4.78 is 0. The molecule has 3 aromatic rings. The van der Waals surface area contributed by atoms with Gasteiger partial charge in [0.1, 0.15) is 0 Å². The highest BCUT2D eigenvalue weighted by Gasteiger charge is 2.35. The number of fused-ring (bicyclic) bond motifs is 3. The van der Waals surface area contributed by atoms with Crippen molar-refractivity contribution in [2.45, 2.75) is 21.1 Å². The van der Waals surface area contributed by atoms with E-state index < -0.39 is 10.0 Å². The third-order valence-corrected chi connectivity index (χ3v) is 8.43. The van der Waals surface area contributed by atoms with Crippen molar-refractivity contribution in [3.8, 4) is 11.1 Å². The molecule has 0 amide bonds. The summed E-state index contributed by atoms with van der Waals surface area (Å²) in [6.07, 6.45) is 3.12. The zero-order valence-corrected chi connectivity index (χ0v) is 14.0. The molecule has 0 saturated carbocycles. The molecule has 0 atom stereocenters. The van der Waals surface area contributed by atoms with Gasteiger partial charge in [0.25, 0.3) is 0 Å². The van der Waals surface area contributed by atoms with Crippen LogP contribution in [0.25, 0.3) is 11.1 Å². The van der Waals surface area contributed by atoms with Gasteiger partial charge in [-0.2, -0.15) is 10.0 Å². The summed E-state index contributed by atoms with van der Waals surface area (Å²) in [6, 6.07) is 26.4. The first-order chi connectivity index (χ1) is 11.2. The van der Waals surface area contributed by atoms with Crippen LogP contribution in [0.1, 0.15) is 5.56 Å². The van der Waals surface area contributed by atoms with Crippen LogP contribution in [0.15, 0.2) is 87.5 Å². The molecule has 0 spiro atoms. The molecule has 116 valence electrons. The Hall–Kier alpha value is -2.03. The van der Waals surface area contributed by atoms with Crippen molar-refractivity contribution < 1.29 is 5.11 Å². The number of aliphatic hydroxyl groups excluding tert-OH is 1. The van der Waals surface area contributed by atoms with Crippen LogP contribution in [-0.4, -0.2) is 18.0 Å². The van der Waals surface area contributed by atoms with Gasteiger partial charge in [-0.3, -0.25) is 0 Å². The Morgan fingerprint density at radius 3 is 1.78 bits per heavy atom. The maximum atomic E-state index is 9.12. The molecule has 4 rings (SSSR count). The molecule has 0 fully saturated rings. The smallest absolute Gasteiger partial charge is 0.0471 e. The van der Waals surface area contributed by atoms with Crippen molar-refractivity contribution in [2.24, 2.45) is 0 Å². The Balaban J connectivity index is 1.92. The quantitative estimate of drug-likeness (QED) is 0.710. The molecule has 0 saturated heterocycles. The maximum Gasteiger partial charge on any atom is 0.0471 e. The van der Waals surface area contributed by atoms with E-state index in [2.05, 4.69) is 79.1 Å². The van der Waals surface area contributed by atoms with E-state index in [1.165, 1.54) is 31.4 Å². The van der Waals surface area contributed by atoms with Crippen LogP contribution in [0.3, 0.4) is 0 Å². The Bertz CT molecular complexity index is 806. The van der Waals surface area contributed by atoms with Crippen molar-refractivity contribution in [1.82, 2.24) is 0 Å². The Kier molecular flexibility index (Phi) is 3.51. The first-order valence-corrected chi connectivity index (χ1v) is 9.96. The van der Waals surface area contributed by atoms with Gasteiger partial charge in [-0.1, -0.05) is 48.5 Å². The van der Waals surface area contributed by atoms with Crippen molar-refractivity contribution in [3.63, 3.8) is 0 Å². The molecule has 0 aliphatic carbocycles. The van der Waals surface area contributed by atoms with E-state index in [0.29, 0.717) is 0 Å². The second-order valence-corrected chi connectivity index (χ2v) is 9.22. The first kappa shape index (κ1) is 14.6. The molecule has 23 heavy (non-hydrogen) atoms. The van der Waals surface area contributed by atoms with Crippen LogP contribution < -0.4 is 0 Å². The maximum absolute atomic E-state index is 9.12. The summed E-state index contributed by atoms with van der Waals surface area (Å²) in [5.74, 6) is 0. The molecule has 1 N–H and O–H groups in total. The van der Waals surface area contributed by atoms with E-state index in [4.69, 9.17) is 5.11 Å². The van der Waals surface area contributed by atoms with Gasteiger partial charge in [-0.25, -0.2) is 0 Å². The fraction of sp³-hybridized carbons (Fsp3) is 0.143. The highest BCUT2D eigenvalue weighted by molar-refractivity contribution is 8.33. The molecule has 2 heteroatoms. The Labute approximate surface area is 138 Å². The molecule has 1 nitrogen and oxygen atoms in total. The molecule has 0 unspecified atom stereocenters. The number of hydrogen-bond donors (Lipinski definition) is 1. The van der Waals surface area contributed by atoms with Crippen molar-refractivity contribution >= 4 is 10.0 Å². The fourth-order valence-electron chi connectivity index (χ4n) is 3.52. The molecular weight excluding hydrogens is 300 g/mol. The summed E-state index contributed by atoms with van der Waals surface area (Å²) in [5, 5.41) is 9.12. The van der Waals surface area contributed by atoms with Crippen LogP contribution in [0.2, 0.25) is 0 Å².